The minimum Gasteiger partial charge on any atom is -0.373 e. The Morgan fingerprint density at radius 3 is 2.80 bits per heavy atom. The number of amides is 1. The second-order valence-corrected chi connectivity index (χ2v) is 2.58. The zero-order valence-corrected chi connectivity index (χ0v) is 6.11. The highest BCUT2D eigenvalue weighted by atomic mass is 16.3. The highest BCUT2D eigenvalue weighted by molar-refractivity contribution is 5.88. The van der Waals surface area contributed by atoms with Crippen LogP contribution in [0.3, 0.4) is 0 Å². The van der Waals surface area contributed by atoms with Crippen molar-refractivity contribution in [3.8, 4) is 0 Å². The van der Waals surface area contributed by atoms with Crippen LogP contribution in [0, 0.1) is 5.92 Å². The van der Waals surface area contributed by atoms with Gasteiger partial charge in [-0.25, -0.2) is 0 Å². The van der Waals surface area contributed by atoms with Crippen LogP contribution in [0.2, 0.25) is 0 Å². The summed E-state index contributed by atoms with van der Waals surface area (Å²) in [5, 5.41) is 9.27. The number of aliphatic hydroxyl groups is 1. The predicted octanol–water partition coefficient (Wildman–Crippen LogP) is -0.0309. The Hall–Kier alpha value is -0.830. The molecular weight excluding hydrogens is 130 g/mol. The molecule has 56 valence electrons. The van der Waals surface area contributed by atoms with Crippen molar-refractivity contribution in [2.24, 2.45) is 5.92 Å². The largest absolute Gasteiger partial charge is 0.373 e. The van der Waals surface area contributed by atoms with Crippen LogP contribution in [0.1, 0.15) is 6.92 Å². The minimum atomic E-state index is -0.655. The molecule has 2 atom stereocenters. The van der Waals surface area contributed by atoms with Gasteiger partial charge in [-0.1, -0.05) is 13.0 Å². The average Bonchev–Trinajstić information content (AvgIpc) is 1.93. The number of carbonyl (C=O) groups excluding carboxylic acids is 1. The van der Waals surface area contributed by atoms with Crippen LogP contribution < -0.4 is 0 Å². The van der Waals surface area contributed by atoms with Crippen molar-refractivity contribution in [3.05, 3.63) is 12.2 Å². The molecule has 0 fully saturated rings. The quantitative estimate of drug-likeness (QED) is 0.514. The summed E-state index contributed by atoms with van der Waals surface area (Å²) in [6, 6.07) is 0. The number of rotatable bonds is 0. The molecule has 0 saturated carbocycles. The second kappa shape index (κ2) is 2.42. The van der Waals surface area contributed by atoms with E-state index in [4.69, 9.17) is 0 Å². The Balaban J connectivity index is 2.79. The van der Waals surface area contributed by atoms with Gasteiger partial charge in [0.25, 0.3) is 0 Å². The van der Waals surface area contributed by atoms with Gasteiger partial charge >= 0.3 is 0 Å². The monoisotopic (exact) mass is 141 g/mol. The molecule has 3 heteroatoms. The van der Waals surface area contributed by atoms with E-state index >= 15 is 0 Å². The summed E-state index contributed by atoms with van der Waals surface area (Å²) in [6.07, 6.45) is 2.54. The Kier molecular flexibility index (Phi) is 1.76. The third-order valence-corrected chi connectivity index (χ3v) is 1.76. The van der Waals surface area contributed by atoms with Crippen LogP contribution in [0.25, 0.3) is 0 Å². The summed E-state index contributed by atoms with van der Waals surface area (Å²) >= 11 is 0. The standard InChI is InChI=1S/C7H11NO2/c1-5-3-4-6(9)8(2)7(5)10/h3-5,7,10H,1-2H3. The van der Waals surface area contributed by atoms with Crippen molar-refractivity contribution < 1.29 is 9.90 Å². The maximum Gasteiger partial charge on any atom is 0.248 e. The van der Waals surface area contributed by atoms with Gasteiger partial charge in [-0.3, -0.25) is 4.79 Å². The van der Waals surface area contributed by atoms with Gasteiger partial charge in [0.1, 0.15) is 6.23 Å². The maximum atomic E-state index is 10.8. The third-order valence-electron chi connectivity index (χ3n) is 1.76. The summed E-state index contributed by atoms with van der Waals surface area (Å²) in [7, 11) is 1.59. The van der Waals surface area contributed by atoms with Crippen molar-refractivity contribution in [2.45, 2.75) is 13.2 Å². The van der Waals surface area contributed by atoms with E-state index in [1.165, 1.54) is 11.0 Å². The van der Waals surface area contributed by atoms with Crippen molar-refractivity contribution >= 4 is 5.91 Å². The van der Waals surface area contributed by atoms with Crippen molar-refractivity contribution in [3.63, 3.8) is 0 Å². The van der Waals surface area contributed by atoms with Gasteiger partial charge in [-0.15, -0.1) is 0 Å². The van der Waals surface area contributed by atoms with Crippen LogP contribution in [0.15, 0.2) is 12.2 Å². The van der Waals surface area contributed by atoms with Gasteiger partial charge in [0.2, 0.25) is 5.91 Å². The van der Waals surface area contributed by atoms with Crippen molar-refractivity contribution in [1.82, 2.24) is 4.90 Å². The highest BCUT2D eigenvalue weighted by Crippen LogP contribution is 2.13. The molecule has 0 aromatic rings. The van der Waals surface area contributed by atoms with Crippen LogP contribution in [-0.4, -0.2) is 29.2 Å². The Bertz CT molecular complexity index is 176. The number of hydrogen-bond acceptors (Lipinski definition) is 2. The zero-order chi connectivity index (χ0) is 7.72. The molecule has 0 saturated heterocycles. The van der Waals surface area contributed by atoms with Gasteiger partial charge in [-0.2, -0.15) is 0 Å². The van der Waals surface area contributed by atoms with Crippen LogP contribution >= 0.6 is 0 Å². The summed E-state index contributed by atoms with van der Waals surface area (Å²) < 4.78 is 0. The molecule has 1 aliphatic heterocycles. The highest BCUT2D eigenvalue weighted by Gasteiger charge is 2.23. The average molecular weight is 141 g/mol. The van der Waals surface area contributed by atoms with E-state index in [1.807, 2.05) is 6.92 Å². The summed E-state index contributed by atoms with van der Waals surface area (Å²) in [5.74, 6) is -0.0895. The van der Waals surface area contributed by atoms with Crippen LogP contribution in [0.4, 0.5) is 0 Å². The molecule has 0 aliphatic carbocycles. The first kappa shape index (κ1) is 7.28. The Labute approximate surface area is 59.9 Å². The van der Waals surface area contributed by atoms with Gasteiger partial charge in [-0.05, 0) is 6.08 Å². The molecule has 1 aliphatic rings. The predicted molar refractivity (Wildman–Crippen MR) is 37.1 cm³/mol. The molecule has 1 rings (SSSR count). The molecule has 3 nitrogen and oxygen atoms in total. The molecule has 0 radical (unpaired) electrons. The zero-order valence-electron chi connectivity index (χ0n) is 6.11. The van der Waals surface area contributed by atoms with E-state index < -0.39 is 6.23 Å². The first-order valence-corrected chi connectivity index (χ1v) is 3.26. The summed E-state index contributed by atoms with van der Waals surface area (Å²) in [4.78, 5) is 12.2. The van der Waals surface area contributed by atoms with E-state index in [0.717, 1.165) is 0 Å². The molecule has 0 bridgehead atoms. The third kappa shape index (κ3) is 1.04. The fourth-order valence-corrected chi connectivity index (χ4v) is 0.934. The summed E-state index contributed by atoms with van der Waals surface area (Å²) in [6.45, 7) is 1.87. The van der Waals surface area contributed by atoms with E-state index in [2.05, 4.69) is 0 Å². The van der Waals surface area contributed by atoms with Gasteiger partial charge in [0, 0.05) is 13.0 Å². The van der Waals surface area contributed by atoms with Crippen molar-refractivity contribution in [2.75, 3.05) is 7.05 Å². The normalized spacial score (nSPS) is 33.1. The first-order valence-electron chi connectivity index (χ1n) is 3.26. The van der Waals surface area contributed by atoms with E-state index in [0.29, 0.717) is 0 Å². The lowest BCUT2D eigenvalue weighted by atomic mass is 10.1. The lowest BCUT2D eigenvalue weighted by molar-refractivity contribution is -0.137. The van der Waals surface area contributed by atoms with Crippen molar-refractivity contribution in [1.29, 1.82) is 0 Å². The number of carbonyl (C=O) groups is 1. The lowest BCUT2D eigenvalue weighted by Gasteiger charge is -2.29. The van der Waals surface area contributed by atoms with Gasteiger partial charge < -0.3 is 10.0 Å². The number of likely N-dealkylation sites (N-methyl/N-ethyl adjacent to an activating group) is 1. The smallest absolute Gasteiger partial charge is 0.248 e. The van der Waals surface area contributed by atoms with Gasteiger partial charge in [0.15, 0.2) is 0 Å². The summed E-state index contributed by atoms with van der Waals surface area (Å²) in [5.41, 5.74) is 0. The van der Waals surface area contributed by atoms with Gasteiger partial charge in [0.05, 0.1) is 0 Å². The molecule has 0 aromatic carbocycles. The molecule has 10 heavy (non-hydrogen) atoms. The lowest BCUT2D eigenvalue weighted by Crippen LogP contribution is -2.42. The minimum absolute atomic E-state index is 0.0442. The van der Waals surface area contributed by atoms with Crippen LogP contribution in [-0.2, 0) is 4.79 Å². The molecular formula is C7H11NO2. The molecule has 1 amide bonds. The maximum absolute atomic E-state index is 10.8. The second-order valence-electron chi connectivity index (χ2n) is 2.58. The van der Waals surface area contributed by atoms with E-state index in [1.54, 1.807) is 13.1 Å². The van der Waals surface area contributed by atoms with E-state index in [-0.39, 0.29) is 11.8 Å². The fourth-order valence-electron chi connectivity index (χ4n) is 0.934. The number of nitrogens with zero attached hydrogens (tertiary/aromatic N) is 1. The van der Waals surface area contributed by atoms with E-state index in [9.17, 15) is 9.90 Å². The molecule has 0 spiro atoms. The molecule has 1 heterocycles. The first-order chi connectivity index (χ1) is 4.63. The molecule has 2 unspecified atom stereocenters. The molecule has 0 aromatic heterocycles. The number of aliphatic hydroxyl groups excluding tert-OH is 1. The Morgan fingerprint density at radius 1 is 1.70 bits per heavy atom. The topological polar surface area (TPSA) is 40.5 Å². The SMILES string of the molecule is CC1C=CC(=O)N(C)C1O. The molecule has 1 N–H and O–H groups in total. The Morgan fingerprint density at radius 2 is 2.30 bits per heavy atom. The van der Waals surface area contributed by atoms with Crippen LogP contribution in [0.5, 0.6) is 0 Å². The fraction of sp³-hybridized carbons (Fsp3) is 0.571. The number of hydrogen-bond donors (Lipinski definition) is 1.